The summed E-state index contributed by atoms with van der Waals surface area (Å²) in [4.78, 5) is 16.6. The van der Waals surface area contributed by atoms with Gasteiger partial charge in [-0.05, 0) is 43.3 Å². The summed E-state index contributed by atoms with van der Waals surface area (Å²) in [5, 5.41) is 6.66. The summed E-state index contributed by atoms with van der Waals surface area (Å²) >= 11 is 5.78. The third-order valence-corrected chi connectivity index (χ3v) is 4.08. The molecule has 27 heavy (non-hydrogen) atoms. The molecule has 9 heteroatoms. The second-order valence-electron chi connectivity index (χ2n) is 5.74. The Balaban J connectivity index is 1.95. The van der Waals surface area contributed by atoms with E-state index in [4.69, 9.17) is 11.6 Å². The number of halogens is 4. The van der Waals surface area contributed by atoms with Crippen molar-refractivity contribution >= 4 is 17.5 Å². The van der Waals surface area contributed by atoms with Crippen molar-refractivity contribution < 1.29 is 18.0 Å². The van der Waals surface area contributed by atoms with E-state index in [1.807, 2.05) is 0 Å². The molecule has 140 valence electrons. The van der Waals surface area contributed by atoms with E-state index in [0.717, 1.165) is 6.20 Å². The number of carbonyl (C=O) groups excluding carboxylic acids is 1. The molecule has 1 atom stereocenters. The number of carbonyl (C=O) groups is 1. The summed E-state index contributed by atoms with van der Waals surface area (Å²) in [5.74, 6) is -0.888. The number of aromatic nitrogens is 3. The maximum Gasteiger partial charge on any atom is 0.434 e. The number of nitrogens with zero attached hydrogens (tertiary/aromatic N) is 3. The van der Waals surface area contributed by atoms with Gasteiger partial charge in [-0.3, -0.25) is 9.78 Å². The van der Waals surface area contributed by atoms with Gasteiger partial charge in [-0.1, -0.05) is 17.7 Å². The van der Waals surface area contributed by atoms with Gasteiger partial charge in [-0.2, -0.15) is 18.3 Å². The van der Waals surface area contributed by atoms with Crippen molar-refractivity contribution in [2.24, 2.45) is 0 Å². The van der Waals surface area contributed by atoms with Gasteiger partial charge in [-0.25, -0.2) is 4.68 Å². The highest BCUT2D eigenvalue weighted by Crippen LogP contribution is 2.34. The summed E-state index contributed by atoms with van der Waals surface area (Å²) in [5.41, 5.74) is -1.05. The predicted octanol–water partition coefficient (Wildman–Crippen LogP) is 4.43. The van der Waals surface area contributed by atoms with Crippen LogP contribution in [0.15, 0.2) is 54.9 Å². The molecule has 3 aromatic rings. The molecule has 1 unspecified atom stereocenters. The van der Waals surface area contributed by atoms with Crippen molar-refractivity contribution in [3.63, 3.8) is 0 Å². The summed E-state index contributed by atoms with van der Waals surface area (Å²) in [6.45, 7) is 1.64. The average Bonchev–Trinajstić information content (AvgIpc) is 3.09. The van der Waals surface area contributed by atoms with Gasteiger partial charge in [-0.15, -0.1) is 0 Å². The lowest BCUT2D eigenvalue weighted by molar-refractivity contribution is -0.143. The Kier molecular flexibility index (Phi) is 5.18. The lowest BCUT2D eigenvalue weighted by Gasteiger charge is -2.15. The van der Waals surface area contributed by atoms with E-state index in [1.54, 1.807) is 25.1 Å². The first-order chi connectivity index (χ1) is 12.8. The Morgan fingerprint density at radius 1 is 1.19 bits per heavy atom. The number of benzene rings is 1. The van der Waals surface area contributed by atoms with Crippen molar-refractivity contribution in [1.82, 2.24) is 20.1 Å². The van der Waals surface area contributed by atoms with Gasteiger partial charge in [0.25, 0.3) is 5.91 Å². The minimum absolute atomic E-state index is 0.142. The minimum atomic E-state index is -4.78. The van der Waals surface area contributed by atoms with Gasteiger partial charge in [0.05, 0.1) is 29.2 Å². The average molecular weight is 395 g/mol. The van der Waals surface area contributed by atoms with Crippen LogP contribution in [0.25, 0.3) is 5.69 Å². The Hall–Kier alpha value is -2.87. The first kappa shape index (κ1) is 18.9. The Morgan fingerprint density at radius 3 is 2.48 bits per heavy atom. The Bertz CT molecular complexity index is 939. The molecule has 0 bridgehead atoms. The number of amides is 1. The zero-order valence-electron chi connectivity index (χ0n) is 14.0. The van der Waals surface area contributed by atoms with Crippen LogP contribution in [0.4, 0.5) is 13.2 Å². The van der Waals surface area contributed by atoms with Crippen molar-refractivity contribution in [1.29, 1.82) is 0 Å². The van der Waals surface area contributed by atoms with Gasteiger partial charge in [0.15, 0.2) is 5.69 Å². The maximum absolute atomic E-state index is 13.6. The van der Waals surface area contributed by atoms with Crippen LogP contribution in [0.1, 0.15) is 34.7 Å². The number of alkyl halides is 3. The quantitative estimate of drug-likeness (QED) is 0.712. The summed E-state index contributed by atoms with van der Waals surface area (Å²) in [6.07, 6.45) is -2.34. The molecule has 2 aromatic heterocycles. The fourth-order valence-electron chi connectivity index (χ4n) is 2.55. The van der Waals surface area contributed by atoms with Crippen LogP contribution in [0, 0.1) is 0 Å². The molecule has 0 saturated heterocycles. The fraction of sp³-hybridized carbons (Fsp3) is 0.167. The molecule has 0 spiro atoms. The molecule has 1 N–H and O–H groups in total. The smallest absolute Gasteiger partial charge is 0.344 e. The lowest BCUT2D eigenvalue weighted by atomic mass is 10.1. The number of hydrogen-bond acceptors (Lipinski definition) is 3. The van der Waals surface area contributed by atoms with Gasteiger partial charge < -0.3 is 5.32 Å². The predicted molar refractivity (Wildman–Crippen MR) is 93.7 cm³/mol. The van der Waals surface area contributed by atoms with Gasteiger partial charge in [0, 0.05) is 11.2 Å². The number of nitrogens with one attached hydrogen (secondary N) is 1. The van der Waals surface area contributed by atoms with Crippen molar-refractivity contribution in [3.05, 3.63) is 76.8 Å². The highest BCUT2D eigenvalue weighted by atomic mass is 35.5. The third kappa shape index (κ3) is 4.11. The normalized spacial score (nSPS) is 12.6. The van der Waals surface area contributed by atoms with E-state index in [-0.39, 0.29) is 5.69 Å². The molecular weight excluding hydrogens is 381 g/mol. The molecule has 5 nitrogen and oxygen atoms in total. The summed E-state index contributed by atoms with van der Waals surface area (Å²) in [6, 6.07) is 10.2. The van der Waals surface area contributed by atoms with Crippen LogP contribution >= 0.6 is 11.6 Å². The SMILES string of the molecule is CC(NC(=O)c1cnn(-c2ccc(Cl)cc2)c1C(F)(F)F)c1ccccn1. The highest BCUT2D eigenvalue weighted by Gasteiger charge is 2.40. The minimum Gasteiger partial charge on any atom is -0.344 e. The second kappa shape index (κ2) is 7.40. The van der Waals surface area contributed by atoms with E-state index in [9.17, 15) is 18.0 Å². The van der Waals surface area contributed by atoms with E-state index in [1.165, 1.54) is 30.5 Å². The topological polar surface area (TPSA) is 59.8 Å². The number of rotatable bonds is 4. The van der Waals surface area contributed by atoms with Crippen LogP contribution in [-0.4, -0.2) is 20.7 Å². The van der Waals surface area contributed by atoms with Crippen molar-refractivity contribution in [3.8, 4) is 5.69 Å². The number of pyridine rings is 1. The lowest BCUT2D eigenvalue weighted by Crippen LogP contribution is -2.29. The molecule has 0 fully saturated rings. The summed E-state index contributed by atoms with van der Waals surface area (Å²) < 4.78 is 41.6. The second-order valence-corrected chi connectivity index (χ2v) is 6.18. The maximum atomic E-state index is 13.6. The fourth-order valence-corrected chi connectivity index (χ4v) is 2.67. The van der Waals surface area contributed by atoms with Crippen LogP contribution in [0.2, 0.25) is 5.02 Å². The molecule has 1 amide bonds. The van der Waals surface area contributed by atoms with Crippen molar-refractivity contribution in [2.45, 2.75) is 19.1 Å². The third-order valence-electron chi connectivity index (χ3n) is 3.83. The van der Waals surface area contributed by atoms with Crippen molar-refractivity contribution in [2.75, 3.05) is 0 Å². The Labute approximate surface area is 157 Å². The van der Waals surface area contributed by atoms with E-state index in [2.05, 4.69) is 15.4 Å². The zero-order chi connectivity index (χ0) is 19.6. The molecule has 3 rings (SSSR count). The Morgan fingerprint density at radius 2 is 1.89 bits per heavy atom. The van der Waals surface area contributed by atoms with Crippen LogP contribution in [-0.2, 0) is 6.18 Å². The molecule has 0 radical (unpaired) electrons. The summed E-state index contributed by atoms with van der Waals surface area (Å²) in [7, 11) is 0. The number of hydrogen-bond donors (Lipinski definition) is 1. The molecule has 0 aliphatic heterocycles. The molecular formula is C18H14ClF3N4O. The van der Waals surface area contributed by atoms with Gasteiger partial charge >= 0.3 is 6.18 Å². The molecule has 0 aliphatic carbocycles. The zero-order valence-corrected chi connectivity index (χ0v) is 14.8. The van der Waals surface area contributed by atoms with Gasteiger partial charge in [0.2, 0.25) is 0 Å². The first-order valence-corrected chi connectivity index (χ1v) is 8.28. The van der Waals surface area contributed by atoms with E-state index >= 15 is 0 Å². The molecule has 1 aromatic carbocycles. The molecule has 2 heterocycles. The highest BCUT2D eigenvalue weighted by molar-refractivity contribution is 6.30. The van der Waals surface area contributed by atoms with E-state index in [0.29, 0.717) is 15.4 Å². The molecule has 0 saturated carbocycles. The standard InChI is InChI=1S/C18H14ClF3N4O/c1-11(15-4-2-3-9-23-15)25-17(27)14-10-24-26(16(14)18(20,21)22)13-7-5-12(19)6-8-13/h2-11H,1H3,(H,25,27). The first-order valence-electron chi connectivity index (χ1n) is 7.90. The molecule has 0 aliphatic rings. The van der Waals surface area contributed by atoms with E-state index < -0.39 is 29.4 Å². The van der Waals surface area contributed by atoms with Gasteiger partial charge in [0.1, 0.15) is 0 Å². The monoisotopic (exact) mass is 394 g/mol. The van der Waals surface area contributed by atoms with Crippen LogP contribution < -0.4 is 5.32 Å². The van der Waals surface area contributed by atoms with Crippen LogP contribution in [0.5, 0.6) is 0 Å². The largest absolute Gasteiger partial charge is 0.434 e. The van der Waals surface area contributed by atoms with Crippen LogP contribution in [0.3, 0.4) is 0 Å².